The van der Waals surface area contributed by atoms with Gasteiger partial charge in [-0.25, -0.2) is 0 Å². The molecule has 0 heterocycles. The van der Waals surface area contributed by atoms with Crippen LogP contribution in [-0.2, 0) is 0 Å². The molecular weight excluding hydrogens is 148 g/mol. The molecule has 0 N–H and O–H groups in total. The molecule has 1 aromatic rings. The van der Waals surface area contributed by atoms with E-state index in [0.717, 1.165) is 0 Å². The first kappa shape index (κ1) is 6.86. The van der Waals surface area contributed by atoms with E-state index in [1.807, 2.05) is 0 Å². The van der Waals surface area contributed by atoms with Crippen LogP contribution in [0.3, 0.4) is 0 Å². The van der Waals surface area contributed by atoms with Crippen molar-refractivity contribution in [3.8, 4) is 0 Å². The molecule has 0 fully saturated rings. The summed E-state index contributed by atoms with van der Waals surface area (Å²) in [6, 6.07) is 6.85. The fourth-order valence-electron chi connectivity index (χ4n) is 1.33. The van der Waals surface area contributed by atoms with Gasteiger partial charge in [-0.2, -0.15) is 0 Å². The van der Waals surface area contributed by atoms with Crippen molar-refractivity contribution in [1.82, 2.24) is 0 Å². The minimum Gasteiger partial charge on any atom is -0.0682 e. The van der Waals surface area contributed by atoms with Gasteiger partial charge in [0.05, 0.1) is 8.80 Å². The summed E-state index contributed by atoms with van der Waals surface area (Å²) in [7, 11) is -0.578. The normalized spacial score (nSPS) is 13.0. The van der Waals surface area contributed by atoms with Gasteiger partial charge in [0.15, 0.2) is 0 Å². The standard InChI is InChI=1S/C10H12Si/c1-11(2)10-6-5-8-3-4-9(8)7-10/h3-7,11H,1-2H3. The molecule has 0 bridgehead atoms. The first-order valence-electron chi connectivity index (χ1n) is 4.09. The van der Waals surface area contributed by atoms with Crippen molar-refractivity contribution < 1.29 is 0 Å². The molecule has 1 heteroatoms. The van der Waals surface area contributed by atoms with E-state index in [0.29, 0.717) is 0 Å². The fourth-order valence-corrected chi connectivity index (χ4v) is 2.33. The number of fused-ring (bicyclic) bond motifs is 1. The van der Waals surface area contributed by atoms with Crippen molar-refractivity contribution >= 4 is 26.1 Å². The topological polar surface area (TPSA) is 0 Å². The van der Waals surface area contributed by atoms with Gasteiger partial charge in [-0.05, 0) is 11.1 Å². The van der Waals surface area contributed by atoms with Crippen LogP contribution in [0.25, 0.3) is 12.2 Å². The van der Waals surface area contributed by atoms with E-state index in [9.17, 15) is 0 Å². The van der Waals surface area contributed by atoms with Crippen LogP contribution in [0.15, 0.2) is 18.2 Å². The summed E-state index contributed by atoms with van der Waals surface area (Å²) in [4.78, 5) is 0. The molecule has 0 amide bonds. The van der Waals surface area contributed by atoms with Gasteiger partial charge in [0.2, 0.25) is 0 Å². The summed E-state index contributed by atoms with van der Waals surface area (Å²) in [5.74, 6) is 0. The maximum absolute atomic E-state index is 2.37. The number of benzene rings is 1. The molecule has 0 aliphatic heterocycles. The van der Waals surface area contributed by atoms with Crippen molar-refractivity contribution in [3.63, 3.8) is 0 Å². The molecule has 0 atom stereocenters. The summed E-state index contributed by atoms with van der Waals surface area (Å²) in [6.07, 6.45) is 4.36. The highest BCUT2D eigenvalue weighted by atomic mass is 28.3. The maximum atomic E-state index is 2.37. The molecule has 0 radical (unpaired) electrons. The van der Waals surface area contributed by atoms with Gasteiger partial charge in [-0.1, -0.05) is 48.6 Å². The van der Waals surface area contributed by atoms with Crippen LogP contribution >= 0.6 is 0 Å². The lowest BCUT2D eigenvalue weighted by molar-refractivity contribution is 1.60. The number of rotatable bonds is 1. The predicted octanol–water partition coefficient (Wildman–Crippen LogP) is 1.86. The Kier molecular flexibility index (Phi) is 1.46. The Morgan fingerprint density at radius 3 is 2.18 bits per heavy atom. The Labute approximate surface area is 69.2 Å². The second-order valence-electron chi connectivity index (χ2n) is 3.38. The van der Waals surface area contributed by atoms with Gasteiger partial charge in [0, 0.05) is 0 Å². The van der Waals surface area contributed by atoms with Crippen LogP contribution in [0.4, 0.5) is 0 Å². The van der Waals surface area contributed by atoms with E-state index in [-0.39, 0.29) is 0 Å². The zero-order valence-corrected chi connectivity index (χ0v) is 8.12. The first-order valence-corrected chi connectivity index (χ1v) is 6.98. The third-order valence-corrected chi connectivity index (χ3v) is 3.91. The van der Waals surface area contributed by atoms with Crippen LogP contribution in [-0.4, -0.2) is 8.80 Å². The van der Waals surface area contributed by atoms with Crippen molar-refractivity contribution in [2.75, 3.05) is 0 Å². The monoisotopic (exact) mass is 160 g/mol. The summed E-state index contributed by atoms with van der Waals surface area (Å²) < 4.78 is 0. The van der Waals surface area contributed by atoms with Gasteiger partial charge < -0.3 is 0 Å². The highest BCUT2D eigenvalue weighted by Gasteiger charge is 2.07. The van der Waals surface area contributed by atoms with Gasteiger partial charge >= 0.3 is 0 Å². The van der Waals surface area contributed by atoms with Gasteiger partial charge in [0.1, 0.15) is 0 Å². The van der Waals surface area contributed by atoms with E-state index in [4.69, 9.17) is 0 Å². The predicted molar refractivity (Wildman–Crippen MR) is 53.9 cm³/mol. The summed E-state index contributed by atoms with van der Waals surface area (Å²) >= 11 is 0. The molecule has 56 valence electrons. The van der Waals surface area contributed by atoms with Crippen LogP contribution < -0.4 is 5.19 Å². The molecule has 2 rings (SSSR count). The molecule has 1 aliphatic rings. The van der Waals surface area contributed by atoms with Gasteiger partial charge in [-0.15, -0.1) is 0 Å². The largest absolute Gasteiger partial charge is 0.0682 e. The summed E-state index contributed by atoms with van der Waals surface area (Å²) in [6.45, 7) is 4.73. The Balaban J connectivity index is 2.42. The van der Waals surface area contributed by atoms with Crippen molar-refractivity contribution in [3.05, 3.63) is 29.3 Å². The summed E-state index contributed by atoms with van der Waals surface area (Å²) in [5, 5.41) is 1.58. The molecule has 11 heavy (non-hydrogen) atoms. The molecule has 1 aromatic carbocycles. The first-order chi connectivity index (χ1) is 5.27. The van der Waals surface area contributed by atoms with E-state index < -0.39 is 8.80 Å². The lowest BCUT2D eigenvalue weighted by atomic mass is 9.98. The molecule has 0 saturated heterocycles. The molecule has 0 nitrogen and oxygen atoms in total. The summed E-state index contributed by atoms with van der Waals surface area (Å²) in [5.41, 5.74) is 2.84. The van der Waals surface area contributed by atoms with Crippen LogP contribution in [0, 0.1) is 0 Å². The number of hydrogen-bond donors (Lipinski definition) is 0. The molecule has 1 aliphatic carbocycles. The average Bonchev–Trinajstić information content (AvgIpc) is 1.91. The minimum atomic E-state index is -0.578. The maximum Gasteiger partial charge on any atom is 0.0647 e. The highest BCUT2D eigenvalue weighted by molar-refractivity contribution is 6.70. The van der Waals surface area contributed by atoms with Crippen LogP contribution in [0.5, 0.6) is 0 Å². The molecule has 0 spiro atoms. The van der Waals surface area contributed by atoms with Crippen molar-refractivity contribution in [1.29, 1.82) is 0 Å². The van der Waals surface area contributed by atoms with Gasteiger partial charge in [0.25, 0.3) is 0 Å². The van der Waals surface area contributed by atoms with E-state index in [2.05, 4.69) is 43.4 Å². The van der Waals surface area contributed by atoms with E-state index in [1.165, 1.54) is 11.1 Å². The van der Waals surface area contributed by atoms with E-state index in [1.54, 1.807) is 5.19 Å². The molecule has 0 aromatic heterocycles. The third kappa shape index (κ3) is 1.05. The second-order valence-corrected chi connectivity index (χ2v) is 6.35. The average molecular weight is 160 g/mol. The SMILES string of the molecule is C[SiH](C)c1ccc2c(c1)C=C2. The highest BCUT2D eigenvalue weighted by Crippen LogP contribution is 2.21. The Morgan fingerprint density at radius 1 is 1.00 bits per heavy atom. The fraction of sp³-hybridized carbons (Fsp3) is 0.200. The molecular formula is C10H12Si. The van der Waals surface area contributed by atoms with E-state index >= 15 is 0 Å². The van der Waals surface area contributed by atoms with Crippen LogP contribution in [0.2, 0.25) is 13.1 Å². The Bertz CT molecular complexity index is 311. The van der Waals surface area contributed by atoms with Crippen LogP contribution in [0.1, 0.15) is 11.1 Å². The quantitative estimate of drug-likeness (QED) is 0.559. The Morgan fingerprint density at radius 2 is 1.73 bits per heavy atom. The Hall–Kier alpha value is -0.823. The zero-order chi connectivity index (χ0) is 7.84. The molecule has 0 saturated carbocycles. The van der Waals surface area contributed by atoms with Crippen molar-refractivity contribution in [2.24, 2.45) is 0 Å². The van der Waals surface area contributed by atoms with Gasteiger partial charge in [-0.3, -0.25) is 0 Å². The second kappa shape index (κ2) is 2.34. The van der Waals surface area contributed by atoms with Crippen molar-refractivity contribution in [2.45, 2.75) is 13.1 Å². The molecule has 0 unspecified atom stereocenters. The smallest absolute Gasteiger partial charge is 0.0647 e. The lowest BCUT2D eigenvalue weighted by Crippen LogP contribution is -2.23. The third-order valence-electron chi connectivity index (χ3n) is 2.22. The number of hydrogen-bond acceptors (Lipinski definition) is 0. The lowest BCUT2D eigenvalue weighted by Gasteiger charge is -2.13. The zero-order valence-electron chi connectivity index (χ0n) is 6.96. The minimum absolute atomic E-state index is 0.578.